The van der Waals surface area contributed by atoms with Crippen LogP contribution >= 0.6 is 130 Å². The second kappa shape index (κ2) is 63.2. The van der Waals surface area contributed by atoms with Crippen molar-refractivity contribution in [3.8, 4) is 34.5 Å². The first-order chi connectivity index (χ1) is 54.7. The number of rotatable bonds is 30. The van der Waals surface area contributed by atoms with Gasteiger partial charge in [-0.2, -0.15) is 69.2 Å². The lowest BCUT2D eigenvalue weighted by Gasteiger charge is -2.22. The summed E-state index contributed by atoms with van der Waals surface area (Å²) in [5.74, 6) is -0.372. The van der Waals surface area contributed by atoms with Gasteiger partial charge in [-0.25, -0.2) is 22.8 Å². The summed E-state index contributed by atoms with van der Waals surface area (Å²) in [6.45, 7) is 5.60. The molecule has 46 heteroatoms. The lowest BCUT2D eigenvalue weighted by Crippen LogP contribution is -2.34. The fraction of sp³-hybridized carbons (Fsp3) is 0.237. The number of methoxy groups -OCH3 is 4. The molecule has 10 aromatic rings. The molecule has 34 nitrogen and oxygen atoms in total. The molecule has 7 N–H and O–H groups in total. The highest BCUT2D eigenvalue weighted by molar-refractivity contribution is 8.05. The monoisotopic (exact) mass is 1930 g/mol. The van der Waals surface area contributed by atoms with E-state index in [2.05, 4.69) is 48.7 Å². The zero-order valence-electron chi connectivity index (χ0n) is 65.1. The molecule has 0 fully saturated rings. The standard InChI is InChI=1S/C20H20N3O8P.C17H20NO5P.C10H7ClN2O3.C10H14NO5P.C7H8O.C6H5Cl2O2P.C4H9NO2.2CH4.ClH.4H2S/c1-14(20(24)28-2)22-32(27,31-15-7-4-3-5-8-15)30-13-29-18-11-10-17(23(25)26)16-9-6-12-21-19(16)18;1-14(17(19)21-2)18-24(20,23-16-11-7-4-8-12-16)22-13-15-9-5-3-6-10-15;11-6-16-9-4-3-8(13(14)15)7-2-1-5-12-10(7)9;1-8(10(12)15-2)11-17(13,14)16-9-6-4-3-5-7-9;8-6-7-4-2-1-3-5-7;7-11(8,9)10-6-4-2-1-3-5-6;1-3(5)4(6)7-2;;;;;;;/h3-12,14H,13H2,1-2H3,(H,22,27);3-12,14H,13H2,1-2H3,(H,18,20);1-5H,6H2;3-8H,1-2H3,(H2,11,13,14);1-5,8H,6H2;1-5H;3H,5H2,1-2H3;2*1H4;1H;4*1H2/t14-,32?;14-,24?;;8-;;;3-;;;;;;;/m00.0..0......./s1. The molecule has 122 heavy (non-hydrogen) atoms. The first-order valence-electron chi connectivity index (χ1n) is 33.5. The summed E-state index contributed by atoms with van der Waals surface area (Å²) in [7, 11) is -7.00. The number of hydrogen-bond donors (Lipinski definition) is 6. The summed E-state index contributed by atoms with van der Waals surface area (Å²) in [4.78, 5) is 83.3. The summed E-state index contributed by atoms with van der Waals surface area (Å²) < 4.78 is 109. The number of non-ortho nitro benzene ring substituents is 2. The highest BCUT2D eigenvalue weighted by atomic mass is 35.9. The summed E-state index contributed by atoms with van der Waals surface area (Å²) in [5.41, 5.74) is 7.42. The first kappa shape index (κ1) is 120. The number of esters is 4. The van der Waals surface area contributed by atoms with E-state index in [4.69, 9.17) is 77.0 Å². The maximum atomic E-state index is 13.3. The van der Waals surface area contributed by atoms with Crippen LogP contribution in [-0.2, 0) is 78.6 Å². The number of alkyl halides is 1. The number of fused-ring (bicyclic) bond motifs is 2. The van der Waals surface area contributed by atoms with Gasteiger partial charge in [0.2, 0.25) is 6.79 Å². The second-order valence-corrected chi connectivity index (χ2v) is 31.8. The van der Waals surface area contributed by atoms with E-state index in [-0.39, 0.29) is 146 Å². The predicted molar refractivity (Wildman–Crippen MR) is 493 cm³/mol. The number of nitrogens with zero attached hydrogens (tertiary/aromatic N) is 4. The number of carbonyl (C=O) groups excluding carboxylic acids is 4. The SMILES string of the molecule is C.C.COC(=O)[C@H](C)N.COC(=O)[C@H](C)NP(=O)(O)Oc1ccccc1.COC(=O)[C@H](C)NP(=O)(OCOc1ccc([N+](=O)[O-])c2cccnc12)Oc1ccccc1.COC(=O)[C@H](C)NP(=O)(OCc1ccccc1)Oc1ccccc1.Cl.O=P(Cl)(Cl)Oc1ccccc1.O=[N+]([O-])c1ccc(OCCl)c2ncccc12.OCc1ccccc1.S.S.S.S. The van der Waals surface area contributed by atoms with Crippen molar-refractivity contribution in [2.24, 2.45) is 5.73 Å². The van der Waals surface area contributed by atoms with Crippen LogP contribution in [0.2, 0.25) is 0 Å². The molecule has 0 bridgehead atoms. The molecule has 3 unspecified atom stereocenters. The number of nitrogens with one attached hydrogen (secondary N) is 3. The number of aliphatic hydroxyl groups is 1. The molecule has 0 spiro atoms. The average Bonchev–Trinajstić information content (AvgIpc) is 0.781. The van der Waals surface area contributed by atoms with Crippen molar-refractivity contribution >= 4 is 187 Å². The molecule has 0 amide bonds. The normalized spacial score (nSPS) is 12.3. The van der Waals surface area contributed by atoms with Gasteiger partial charge in [-0.05, 0) is 124 Å². The number of ether oxygens (including phenoxy) is 6. The lowest BCUT2D eigenvalue weighted by atomic mass is 10.1. The average molecular weight is 1940 g/mol. The number of hydrogen-bond acceptors (Lipinski definition) is 28. The third-order valence-corrected chi connectivity index (χ3v) is 19.2. The second-order valence-electron chi connectivity index (χ2n) is 22.5. The maximum Gasteiger partial charge on any atom is 0.462 e. The van der Waals surface area contributed by atoms with Crippen LogP contribution in [0.25, 0.3) is 21.8 Å². The van der Waals surface area contributed by atoms with E-state index in [1.54, 1.807) is 134 Å². The zero-order valence-corrected chi connectivity index (χ0v) is 75.8. The van der Waals surface area contributed by atoms with Gasteiger partial charge < -0.3 is 62.2 Å². The Balaban J connectivity index is -0.000000694. The van der Waals surface area contributed by atoms with Crippen molar-refractivity contribution in [2.45, 2.75) is 79.9 Å². The molecule has 0 radical (unpaired) electrons. The van der Waals surface area contributed by atoms with Gasteiger partial charge in [-0.1, -0.05) is 160 Å². The van der Waals surface area contributed by atoms with Crippen molar-refractivity contribution < 1.29 is 113 Å². The van der Waals surface area contributed by atoms with Crippen LogP contribution in [0, 0.1) is 20.2 Å². The molecule has 0 aliphatic heterocycles. The van der Waals surface area contributed by atoms with Crippen LogP contribution < -0.4 is 48.6 Å². The third-order valence-electron chi connectivity index (χ3n) is 13.9. The Bertz CT molecular complexity index is 4890. The highest BCUT2D eigenvalue weighted by Gasteiger charge is 2.34. The van der Waals surface area contributed by atoms with Gasteiger partial charge in [0.25, 0.3) is 11.4 Å². The minimum absolute atomic E-state index is 0. The smallest absolute Gasteiger partial charge is 0.462 e. The predicted octanol–water partition coefficient (Wildman–Crippen LogP) is 17.9. The molecule has 8 aromatic carbocycles. The summed E-state index contributed by atoms with van der Waals surface area (Å²) in [5, 5.41) is 38.5. The highest BCUT2D eigenvalue weighted by Crippen LogP contribution is 2.57. The fourth-order valence-electron chi connectivity index (χ4n) is 8.62. The molecule has 0 aliphatic carbocycles. The quantitative estimate of drug-likeness (QED) is 0.00463. The number of carbonyl (C=O) groups is 4. The van der Waals surface area contributed by atoms with Crippen LogP contribution in [0.3, 0.4) is 0 Å². The van der Waals surface area contributed by atoms with Crippen molar-refractivity contribution in [3.63, 3.8) is 0 Å². The first-order valence-corrected chi connectivity index (χ1v) is 42.1. The van der Waals surface area contributed by atoms with Crippen LogP contribution in [0.4, 0.5) is 11.4 Å². The zero-order chi connectivity index (χ0) is 85.0. The lowest BCUT2D eigenvalue weighted by molar-refractivity contribution is -0.383. The van der Waals surface area contributed by atoms with Gasteiger partial charge in [0.1, 0.15) is 69.7 Å². The minimum atomic E-state index is -4.09. The Kier molecular flexibility index (Phi) is 61.9. The van der Waals surface area contributed by atoms with Crippen molar-refractivity contribution in [2.75, 3.05) is 41.3 Å². The Morgan fingerprint density at radius 3 is 1.09 bits per heavy atom. The topological polar surface area (TPSA) is 462 Å². The molecule has 0 aliphatic rings. The van der Waals surface area contributed by atoms with E-state index < -0.39 is 88.0 Å². The number of nitro benzene ring substituents is 2. The number of nitrogens with two attached hydrogens (primary N) is 1. The van der Waals surface area contributed by atoms with Crippen LogP contribution in [0.5, 0.6) is 34.5 Å². The molecule has 0 saturated carbocycles. The summed E-state index contributed by atoms with van der Waals surface area (Å²) >= 11 is 15.8. The number of nitro groups is 2. The van der Waals surface area contributed by atoms with E-state index in [9.17, 15) is 62.6 Å². The van der Waals surface area contributed by atoms with E-state index in [1.807, 2.05) is 66.7 Å². The number of pyridine rings is 2. The van der Waals surface area contributed by atoms with E-state index in [1.165, 1.54) is 97.9 Å². The van der Waals surface area contributed by atoms with Crippen LogP contribution in [0.15, 0.2) is 243 Å². The van der Waals surface area contributed by atoms with Gasteiger partial charge in [0.15, 0.2) is 6.07 Å². The number of aliphatic hydroxyl groups excluding tert-OH is 1. The van der Waals surface area contributed by atoms with Gasteiger partial charge >= 0.3 is 53.2 Å². The molecular weight excluding hydrogens is 1830 g/mol. The van der Waals surface area contributed by atoms with Crippen LogP contribution in [0.1, 0.15) is 53.7 Å². The number of benzene rings is 8. The number of para-hydroxylation sites is 4. The summed E-state index contributed by atoms with van der Waals surface area (Å²) in [6.07, 6.45) is -0.433. The third kappa shape index (κ3) is 45.6. The molecule has 10 rings (SSSR count). The van der Waals surface area contributed by atoms with Crippen molar-refractivity contribution in [3.05, 3.63) is 274 Å². The van der Waals surface area contributed by atoms with Gasteiger partial charge in [0, 0.05) is 47.0 Å². The van der Waals surface area contributed by atoms with Crippen LogP contribution in [-0.4, -0.2) is 119 Å². The Labute approximate surface area is 755 Å². The maximum absolute atomic E-state index is 13.3. The van der Waals surface area contributed by atoms with E-state index >= 15 is 0 Å². The molecule has 672 valence electrons. The molecule has 7 atom stereocenters. The summed E-state index contributed by atoms with van der Waals surface area (Å²) in [6, 6.07) is 60.9. The van der Waals surface area contributed by atoms with E-state index in [0.717, 1.165) is 11.1 Å². The minimum Gasteiger partial charge on any atom is -0.476 e. The Hall–Kier alpha value is -8.78. The Morgan fingerprint density at radius 2 is 0.779 bits per heavy atom. The molecule has 0 saturated heterocycles. The van der Waals surface area contributed by atoms with Crippen molar-refractivity contribution in [1.29, 1.82) is 0 Å². The fourth-order valence-corrected chi connectivity index (χ4v) is 13.5. The number of aromatic nitrogens is 2. The van der Waals surface area contributed by atoms with E-state index in [0.29, 0.717) is 28.2 Å². The van der Waals surface area contributed by atoms with Gasteiger partial charge in [0.05, 0.1) is 62.3 Å². The van der Waals surface area contributed by atoms with Gasteiger partial charge in [-0.15, -0.1) is 12.4 Å². The van der Waals surface area contributed by atoms with Gasteiger partial charge in [-0.3, -0.25) is 53.9 Å². The largest absolute Gasteiger partial charge is 0.476 e. The Morgan fingerprint density at radius 1 is 0.459 bits per heavy atom. The molecular formula is C76H100Cl4N8O26P4S4. The molecule has 2 heterocycles. The molecule has 2 aromatic heterocycles. The van der Waals surface area contributed by atoms with Crippen molar-refractivity contribution in [1.82, 2.24) is 25.2 Å². The number of halogens is 4.